The van der Waals surface area contributed by atoms with Gasteiger partial charge in [0.25, 0.3) is 0 Å². The fourth-order valence-electron chi connectivity index (χ4n) is 1.61. The zero-order valence-electron chi connectivity index (χ0n) is 8.07. The number of halogens is 1. The van der Waals surface area contributed by atoms with Crippen LogP contribution in [-0.4, -0.2) is 30.6 Å². The van der Waals surface area contributed by atoms with Gasteiger partial charge in [-0.3, -0.25) is 0 Å². The molecule has 1 saturated heterocycles. The van der Waals surface area contributed by atoms with Crippen molar-refractivity contribution in [1.82, 2.24) is 10.2 Å². The van der Waals surface area contributed by atoms with E-state index in [9.17, 15) is 4.79 Å². The Morgan fingerprint density at radius 2 is 2.53 bits per heavy atom. The predicted molar refractivity (Wildman–Crippen MR) is 63.9 cm³/mol. The normalized spacial score (nSPS) is 20.8. The van der Waals surface area contributed by atoms with Crippen LogP contribution < -0.4 is 11.1 Å². The third-order valence-corrected chi connectivity index (χ3v) is 4.13. The number of hydrogen-bond donors (Lipinski definition) is 2. The van der Waals surface area contributed by atoms with Crippen molar-refractivity contribution in [2.75, 3.05) is 19.6 Å². The van der Waals surface area contributed by atoms with Crippen LogP contribution in [0.3, 0.4) is 0 Å². The van der Waals surface area contributed by atoms with E-state index in [-0.39, 0.29) is 12.1 Å². The lowest BCUT2D eigenvalue weighted by atomic mass is 10.2. The first-order valence-electron chi connectivity index (χ1n) is 4.70. The molecule has 15 heavy (non-hydrogen) atoms. The Bertz CT molecular complexity index is 368. The number of urea groups is 1. The summed E-state index contributed by atoms with van der Waals surface area (Å²) in [4.78, 5) is 14.4. The third-order valence-electron chi connectivity index (χ3n) is 2.32. The highest BCUT2D eigenvalue weighted by Crippen LogP contribution is 2.28. The molecule has 0 aromatic carbocycles. The summed E-state index contributed by atoms with van der Waals surface area (Å²) in [5.74, 6) is 0. The molecule has 1 fully saturated rings. The minimum absolute atomic E-state index is 0.0185. The molecule has 2 heterocycles. The summed E-state index contributed by atoms with van der Waals surface area (Å²) in [6.45, 7) is 1.84. The quantitative estimate of drug-likeness (QED) is 0.887. The molecule has 0 spiro atoms. The third kappa shape index (κ3) is 2.32. The smallest absolute Gasteiger partial charge is 0.318 e. The van der Waals surface area contributed by atoms with Crippen molar-refractivity contribution in [2.45, 2.75) is 6.04 Å². The lowest BCUT2D eigenvalue weighted by molar-refractivity contribution is 0.218. The lowest BCUT2D eigenvalue weighted by Gasteiger charge is -2.11. The van der Waals surface area contributed by atoms with Crippen LogP contribution >= 0.6 is 27.3 Å². The number of rotatable bonds is 3. The van der Waals surface area contributed by atoms with E-state index in [0.717, 1.165) is 4.47 Å². The highest BCUT2D eigenvalue weighted by atomic mass is 79.9. The Morgan fingerprint density at radius 1 is 1.73 bits per heavy atom. The van der Waals surface area contributed by atoms with E-state index in [2.05, 4.69) is 21.2 Å². The minimum atomic E-state index is -0.0185. The predicted octanol–water partition coefficient (Wildman–Crippen LogP) is 1.54. The standard InChI is InChI=1S/C9H12BrN3OS/c10-6-3-8(15-5-6)7-4-13(2-1-11)9(14)12-7/h3,5,7H,1-2,4,11H2,(H,12,14). The van der Waals surface area contributed by atoms with Gasteiger partial charge in [0.1, 0.15) is 0 Å². The molecule has 0 aliphatic carbocycles. The number of thiophene rings is 1. The van der Waals surface area contributed by atoms with Crippen LogP contribution in [0.4, 0.5) is 4.79 Å². The molecule has 1 aliphatic rings. The number of nitrogens with zero attached hydrogens (tertiary/aromatic N) is 1. The number of carbonyl (C=O) groups is 1. The SMILES string of the molecule is NCCN1CC(c2cc(Br)cs2)NC1=O. The topological polar surface area (TPSA) is 58.4 Å². The number of nitrogens with two attached hydrogens (primary N) is 1. The Balaban J connectivity index is 2.05. The van der Waals surface area contributed by atoms with Crippen LogP contribution in [-0.2, 0) is 0 Å². The highest BCUT2D eigenvalue weighted by Gasteiger charge is 2.29. The van der Waals surface area contributed by atoms with Crippen LogP contribution in [0.5, 0.6) is 0 Å². The zero-order valence-corrected chi connectivity index (χ0v) is 10.5. The second kappa shape index (κ2) is 4.51. The minimum Gasteiger partial charge on any atom is -0.329 e. The van der Waals surface area contributed by atoms with Crippen molar-refractivity contribution in [3.05, 3.63) is 20.8 Å². The first-order chi connectivity index (χ1) is 7.20. The highest BCUT2D eigenvalue weighted by molar-refractivity contribution is 9.10. The molecule has 1 aromatic heterocycles. The molecule has 82 valence electrons. The Hall–Kier alpha value is -0.590. The van der Waals surface area contributed by atoms with Crippen LogP contribution in [0.2, 0.25) is 0 Å². The van der Waals surface area contributed by atoms with Crippen LogP contribution in [0.1, 0.15) is 10.9 Å². The van der Waals surface area contributed by atoms with E-state index >= 15 is 0 Å². The average molecular weight is 290 g/mol. The summed E-state index contributed by atoms with van der Waals surface area (Å²) < 4.78 is 1.06. The fourth-order valence-corrected chi connectivity index (χ4v) is 3.10. The maximum absolute atomic E-state index is 11.5. The fraction of sp³-hybridized carbons (Fsp3) is 0.444. The molecule has 0 saturated carbocycles. The molecule has 6 heteroatoms. The van der Waals surface area contributed by atoms with E-state index in [1.165, 1.54) is 4.88 Å². The van der Waals surface area contributed by atoms with Crippen LogP contribution in [0.15, 0.2) is 15.9 Å². The average Bonchev–Trinajstić information content (AvgIpc) is 2.75. The monoisotopic (exact) mass is 289 g/mol. The Labute approximate surface area is 101 Å². The van der Waals surface area contributed by atoms with Gasteiger partial charge in [-0.2, -0.15) is 0 Å². The van der Waals surface area contributed by atoms with Gasteiger partial charge in [0.05, 0.1) is 6.04 Å². The van der Waals surface area contributed by atoms with Gasteiger partial charge in [-0.05, 0) is 22.0 Å². The van der Waals surface area contributed by atoms with Crippen molar-refractivity contribution < 1.29 is 4.79 Å². The summed E-state index contributed by atoms with van der Waals surface area (Å²) in [7, 11) is 0. The lowest BCUT2D eigenvalue weighted by Crippen LogP contribution is -2.32. The molecule has 0 bridgehead atoms. The zero-order chi connectivity index (χ0) is 10.8. The van der Waals surface area contributed by atoms with Crippen molar-refractivity contribution in [3.63, 3.8) is 0 Å². The van der Waals surface area contributed by atoms with Crippen molar-refractivity contribution >= 4 is 33.3 Å². The maximum atomic E-state index is 11.5. The molecular weight excluding hydrogens is 278 g/mol. The van der Waals surface area contributed by atoms with E-state index in [1.54, 1.807) is 16.2 Å². The van der Waals surface area contributed by atoms with Gasteiger partial charge in [0, 0.05) is 34.4 Å². The number of carbonyl (C=O) groups excluding carboxylic acids is 1. The van der Waals surface area contributed by atoms with Gasteiger partial charge < -0.3 is 16.0 Å². The summed E-state index contributed by atoms with van der Waals surface area (Å²) in [5.41, 5.74) is 5.43. The van der Waals surface area contributed by atoms with Crippen molar-refractivity contribution in [3.8, 4) is 0 Å². The Kier molecular flexibility index (Phi) is 3.28. The van der Waals surface area contributed by atoms with Gasteiger partial charge in [0.2, 0.25) is 0 Å². The molecule has 2 amide bonds. The van der Waals surface area contributed by atoms with Crippen molar-refractivity contribution in [1.29, 1.82) is 0 Å². The number of hydrogen-bond acceptors (Lipinski definition) is 3. The first-order valence-corrected chi connectivity index (χ1v) is 6.37. The van der Waals surface area contributed by atoms with Crippen LogP contribution in [0.25, 0.3) is 0 Å². The van der Waals surface area contributed by atoms with E-state index in [1.807, 2.05) is 11.4 Å². The second-order valence-electron chi connectivity index (χ2n) is 3.40. The molecule has 1 atom stereocenters. The van der Waals surface area contributed by atoms with E-state index in [4.69, 9.17) is 5.73 Å². The molecule has 4 nitrogen and oxygen atoms in total. The van der Waals surface area contributed by atoms with Crippen LogP contribution in [0, 0.1) is 0 Å². The molecule has 1 aliphatic heterocycles. The van der Waals surface area contributed by atoms with Gasteiger partial charge in [-0.1, -0.05) is 0 Å². The summed E-state index contributed by atoms with van der Waals surface area (Å²) in [5, 5.41) is 4.96. The summed E-state index contributed by atoms with van der Waals surface area (Å²) in [6.07, 6.45) is 0. The summed E-state index contributed by atoms with van der Waals surface area (Å²) in [6, 6.07) is 2.14. The van der Waals surface area contributed by atoms with Gasteiger partial charge in [0.15, 0.2) is 0 Å². The molecule has 2 rings (SSSR count). The van der Waals surface area contributed by atoms with Gasteiger partial charge in [-0.15, -0.1) is 11.3 Å². The largest absolute Gasteiger partial charge is 0.329 e. The first kappa shape index (κ1) is 10.9. The van der Waals surface area contributed by atoms with E-state index < -0.39 is 0 Å². The van der Waals surface area contributed by atoms with Crippen molar-refractivity contribution in [2.24, 2.45) is 5.73 Å². The number of nitrogens with one attached hydrogen (secondary N) is 1. The van der Waals surface area contributed by atoms with E-state index in [0.29, 0.717) is 19.6 Å². The maximum Gasteiger partial charge on any atom is 0.318 e. The molecule has 3 N–H and O–H groups in total. The Morgan fingerprint density at radius 3 is 3.13 bits per heavy atom. The second-order valence-corrected chi connectivity index (χ2v) is 5.26. The van der Waals surface area contributed by atoms with Gasteiger partial charge in [-0.25, -0.2) is 4.79 Å². The molecule has 1 aromatic rings. The summed E-state index contributed by atoms with van der Waals surface area (Å²) >= 11 is 5.05. The van der Waals surface area contributed by atoms with Gasteiger partial charge >= 0.3 is 6.03 Å². The molecular formula is C9H12BrN3OS. The molecule has 1 unspecified atom stereocenters. The molecule has 0 radical (unpaired) electrons. The number of amides is 2.